The Kier molecular flexibility index (Phi) is 6.01. The van der Waals surface area contributed by atoms with E-state index in [1.54, 1.807) is 17.7 Å². The number of amides is 2. The monoisotopic (exact) mass is 345 g/mol. The van der Waals surface area contributed by atoms with Crippen LogP contribution in [0.3, 0.4) is 0 Å². The smallest absolute Gasteiger partial charge is 0.315 e. The van der Waals surface area contributed by atoms with Crippen LogP contribution in [0.4, 0.5) is 10.6 Å². The largest absolute Gasteiger partial charge is 0.368 e. The minimum atomic E-state index is -0.0781. The molecule has 6 nitrogen and oxygen atoms in total. The van der Waals surface area contributed by atoms with E-state index in [4.69, 9.17) is 0 Å². The zero-order chi connectivity index (χ0) is 16.6. The molecule has 2 aromatic heterocycles. The second-order valence-electron chi connectivity index (χ2n) is 5.93. The molecule has 0 unspecified atom stereocenters. The standard InChI is InChI=1S/C17H23N5OS/c23-17(22-13-5-2-1-3-6-13)19-9-8-18-16-11-14(20-12-21-16)15-7-4-10-24-15/h4,7,10-13H,1-3,5-6,8-9H2,(H,18,20,21)(H2,19,22,23). The fourth-order valence-corrected chi connectivity index (χ4v) is 3.56. The molecule has 3 N–H and O–H groups in total. The van der Waals surface area contributed by atoms with Crippen LogP contribution in [-0.4, -0.2) is 35.1 Å². The Bertz CT molecular complexity index is 640. The number of hydrogen-bond donors (Lipinski definition) is 3. The molecule has 128 valence electrons. The quantitative estimate of drug-likeness (QED) is 0.702. The number of nitrogens with one attached hydrogen (secondary N) is 3. The van der Waals surface area contributed by atoms with Gasteiger partial charge in [0, 0.05) is 25.2 Å². The van der Waals surface area contributed by atoms with Crippen LogP contribution >= 0.6 is 11.3 Å². The summed E-state index contributed by atoms with van der Waals surface area (Å²) in [5.41, 5.74) is 0.908. The van der Waals surface area contributed by atoms with Gasteiger partial charge in [-0.15, -0.1) is 11.3 Å². The van der Waals surface area contributed by atoms with Gasteiger partial charge in [-0.2, -0.15) is 0 Å². The van der Waals surface area contributed by atoms with Crippen molar-refractivity contribution in [3.8, 4) is 10.6 Å². The Hall–Kier alpha value is -2.15. The molecule has 0 spiro atoms. The Morgan fingerprint density at radius 3 is 2.88 bits per heavy atom. The maximum atomic E-state index is 11.9. The van der Waals surface area contributed by atoms with E-state index in [9.17, 15) is 4.79 Å². The van der Waals surface area contributed by atoms with Gasteiger partial charge in [0.15, 0.2) is 0 Å². The van der Waals surface area contributed by atoms with Crippen molar-refractivity contribution >= 4 is 23.2 Å². The van der Waals surface area contributed by atoms with Crippen molar-refractivity contribution in [1.29, 1.82) is 0 Å². The number of carbonyl (C=O) groups excluding carboxylic acids is 1. The van der Waals surface area contributed by atoms with Crippen LogP contribution in [0.5, 0.6) is 0 Å². The van der Waals surface area contributed by atoms with Crippen LogP contribution in [0.25, 0.3) is 10.6 Å². The first-order chi connectivity index (χ1) is 11.8. The van der Waals surface area contributed by atoms with Crippen LogP contribution in [0.1, 0.15) is 32.1 Å². The van der Waals surface area contributed by atoms with E-state index >= 15 is 0 Å². The van der Waals surface area contributed by atoms with Gasteiger partial charge in [-0.25, -0.2) is 14.8 Å². The molecule has 1 saturated carbocycles. The number of aromatic nitrogens is 2. The van der Waals surface area contributed by atoms with Crippen LogP contribution in [-0.2, 0) is 0 Å². The lowest BCUT2D eigenvalue weighted by atomic mass is 9.96. The fraction of sp³-hybridized carbons (Fsp3) is 0.471. The van der Waals surface area contributed by atoms with Crippen LogP contribution in [0.15, 0.2) is 29.9 Å². The van der Waals surface area contributed by atoms with Gasteiger partial charge in [0.05, 0.1) is 10.6 Å². The number of nitrogens with zero attached hydrogens (tertiary/aromatic N) is 2. The Morgan fingerprint density at radius 2 is 2.08 bits per heavy atom. The summed E-state index contributed by atoms with van der Waals surface area (Å²) in [6.45, 7) is 1.18. The van der Waals surface area contributed by atoms with E-state index in [0.717, 1.165) is 29.2 Å². The van der Waals surface area contributed by atoms with Crippen molar-refractivity contribution in [3.63, 3.8) is 0 Å². The van der Waals surface area contributed by atoms with Gasteiger partial charge in [-0.1, -0.05) is 25.3 Å². The maximum absolute atomic E-state index is 11.9. The van der Waals surface area contributed by atoms with E-state index < -0.39 is 0 Å². The lowest BCUT2D eigenvalue weighted by Crippen LogP contribution is -2.44. The number of anilines is 1. The molecule has 3 rings (SSSR count). The van der Waals surface area contributed by atoms with Gasteiger partial charge in [0.2, 0.25) is 0 Å². The topological polar surface area (TPSA) is 78.9 Å². The molecule has 2 aromatic rings. The number of urea groups is 1. The summed E-state index contributed by atoms with van der Waals surface area (Å²) in [6, 6.07) is 6.22. The number of carbonyl (C=O) groups is 1. The van der Waals surface area contributed by atoms with Gasteiger partial charge in [0.1, 0.15) is 12.1 Å². The lowest BCUT2D eigenvalue weighted by molar-refractivity contribution is 0.233. The van der Waals surface area contributed by atoms with Gasteiger partial charge in [-0.05, 0) is 24.3 Å². The third-order valence-corrected chi connectivity index (χ3v) is 4.99. The van der Waals surface area contributed by atoms with Crippen LogP contribution in [0.2, 0.25) is 0 Å². The molecule has 2 amide bonds. The summed E-state index contributed by atoms with van der Waals surface area (Å²) in [5, 5.41) is 11.2. The highest BCUT2D eigenvalue weighted by atomic mass is 32.1. The molecule has 1 aliphatic carbocycles. The molecule has 0 atom stereocenters. The second kappa shape index (κ2) is 8.63. The summed E-state index contributed by atoms with van der Waals surface area (Å²) in [4.78, 5) is 21.5. The molecule has 1 fully saturated rings. The molecule has 0 bridgehead atoms. The Morgan fingerprint density at radius 1 is 1.21 bits per heavy atom. The molecule has 1 aliphatic rings. The van der Waals surface area contributed by atoms with E-state index in [-0.39, 0.29) is 6.03 Å². The summed E-state index contributed by atoms with van der Waals surface area (Å²) in [7, 11) is 0. The highest BCUT2D eigenvalue weighted by Crippen LogP contribution is 2.23. The highest BCUT2D eigenvalue weighted by molar-refractivity contribution is 7.13. The molecule has 0 radical (unpaired) electrons. The Labute approximate surface area is 146 Å². The number of hydrogen-bond acceptors (Lipinski definition) is 5. The van der Waals surface area contributed by atoms with Crippen molar-refractivity contribution in [1.82, 2.24) is 20.6 Å². The van der Waals surface area contributed by atoms with E-state index in [1.807, 2.05) is 23.6 Å². The first-order valence-corrected chi connectivity index (χ1v) is 9.33. The number of rotatable bonds is 6. The average molecular weight is 345 g/mol. The lowest BCUT2D eigenvalue weighted by Gasteiger charge is -2.22. The van der Waals surface area contributed by atoms with Crippen molar-refractivity contribution < 1.29 is 4.79 Å². The zero-order valence-corrected chi connectivity index (χ0v) is 14.4. The molecule has 0 aromatic carbocycles. The summed E-state index contributed by atoms with van der Waals surface area (Å²) < 4.78 is 0. The van der Waals surface area contributed by atoms with Crippen LogP contribution in [0, 0.1) is 0 Å². The highest BCUT2D eigenvalue weighted by Gasteiger charge is 2.15. The SMILES string of the molecule is O=C(NCCNc1cc(-c2cccs2)ncn1)NC1CCCCC1. The van der Waals surface area contributed by atoms with Crippen molar-refractivity contribution in [3.05, 3.63) is 29.9 Å². The summed E-state index contributed by atoms with van der Waals surface area (Å²) in [6.07, 6.45) is 7.46. The predicted octanol–water partition coefficient (Wildman–Crippen LogP) is 3.25. The normalized spacial score (nSPS) is 15.0. The van der Waals surface area contributed by atoms with Crippen molar-refractivity contribution in [2.75, 3.05) is 18.4 Å². The molecule has 0 saturated heterocycles. The van der Waals surface area contributed by atoms with Gasteiger partial charge in [0.25, 0.3) is 0 Å². The molecule has 0 aliphatic heterocycles. The third kappa shape index (κ3) is 4.92. The zero-order valence-electron chi connectivity index (χ0n) is 13.6. The van der Waals surface area contributed by atoms with E-state index in [1.165, 1.54) is 19.3 Å². The van der Waals surface area contributed by atoms with Gasteiger partial charge in [-0.3, -0.25) is 0 Å². The average Bonchev–Trinajstić information content (AvgIpc) is 3.15. The van der Waals surface area contributed by atoms with E-state index in [2.05, 4.69) is 25.9 Å². The molecular weight excluding hydrogens is 322 g/mol. The Balaban J connectivity index is 1.38. The van der Waals surface area contributed by atoms with Crippen molar-refractivity contribution in [2.24, 2.45) is 0 Å². The summed E-state index contributed by atoms with van der Waals surface area (Å²) >= 11 is 1.65. The van der Waals surface area contributed by atoms with Crippen LogP contribution < -0.4 is 16.0 Å². The number of thiophene rings is 1. The first kappa shape index (κ1) is 16.7. The molecule has 24 heavy (non-hydrogen) atoms. The molecule has 7 heteroatoms. The van der Waals surface area contributed by atoms with Crippen molar-refractivity contribution in [2.45, 2.75) is 38.1 Å². The first-order valence-electron chi connectivity index (χ1n) is 8.45. The third-order valence-electron chi connectivity index (χ3n) is 4.10. The van der Waals surface area contributed by atoms with Gasteiger partial charge < -0.3 is 16.0 Å². The fourth-order valence-electron chi connectivity index (χ4n) is 2.86. The summed E-state index contributed by atoms with van der Waals surface area (Å²) in [5.74, 6) is 0.767. The minimum Gasteiger partial charge on any atom is -0.368 e. The second-order valence-corrected chi connectivity index (χ2v) is 6.88. The van der Waals surface area contributed by atoms with Gasteiger partial charge >= 0.3 is 6.03 Å². The molecular formula is C17H23N5OS. The predicted molar refractivity (Wildman–Crippen MR) is 97.2 cm³/mol. The van der Waals surface area contributed by atoms with E-state index in [0.29, 0.717) is 19.1 Å². The molecule has 2 heterocycles. The maximum Gasteiger partial charge on any atom is 0.315 e. The minimum absolute atomic E-state index is 0.0781.